The third-order valence-electron chi connectivity index (χ3n) is 11.2. The molecule has 0 spiro atoms. The zero-order valence-electron chi connectivity index (χ0n) is 41.9. The van der Waals surface area contributed by atoms with E-state index in [1.807, 2.05) is 39.8 Å². The van der Waals surface area contributed by atoms with Gasteiger partial charge >= 0.3 is 69.5 Å². The van der Waals surface area contributed by atoms with Gasteiger partial charge < -0.3 is 14.9 Å². The molecular weight excluding hydrogens is 1020 g/mol. The summed E-state index contributed by atoms with van der Waals surface area (Å²) in [6.45, 7) is 13.6. The summed E-state index contributed by atoms with van der Waals surface area (Å²) in [6, 6.07) is 13.5. The number of aromatic nitrogens is 4. The van der Waals surface area contributed by atoms with Crippen LogP contribution in [0.2, 0.25) is 20.1 Å². The normalized spacial score (nSPS) is 16.0. The molecule has 380 valence electrons. The van der Waals surface area contributed by atoms with E-state index in [1.54, 1.807) is 43.6 Å². The Morgan fingerprint density at radius 3 is 1.70 bits per heavy atom. The zero-order valence-corrected chi connectivity index (χ0v) is 48.1. The molecule has 2 aliphatic carbocycles. The number of halogens is 4. The molecule has 4 aromatic rings. The number of carbonyl (C=O) groups excluding carboxylic acids is 6. The number of carbonyl (C=O) groups is 5. The van der Waals surface area contributed by atoms with Gasteiger partial charge in [0.25, 0.3) is 0 Å². The van der Waals surface area contributed by atoms with E-state index in [1.165, 1.54) is 31.6 Å². The van der Waals surface area contributed by atoms with Crippen LogP contribution in [0.5, 0.6) is 0 Å². The van der Waals surface area contributed by atoms with E-state index < -0.39 is 11.9 Å². The summed E-state index contributed by atoms with van der Waals surface area (Å²) in [7, 11) is 1.43. The third kappa shape index (κ3) is 27.2. The Kier molecular flexibility index (Phi) is 34.3. The predicted molar refractivity (Wildman–Crippen MR) is 268 cm³/mol. The van der Waals surface area contributed by atoms with Crippen molar-refractivity contribution in [2.75, 3.05) is 7.11 Å². The van der Waals surface area contributed by atoms with Crippen LogP contribution in [0.1, 0.15) is 140 Å². The first-order chi connectivity index (χ1) is 33.0. The zero-order chi connectivity index (χ0) is 53.0. The number of Topliss-reactive ketones (excluding diaryl/α,β-unsaturated/α-hetero) is 3. The van der Waals surface area contributed by atoms with Crippen LogP contribution in [0.3, 0.4) is 0 Å². The minimum Gasteiger partial charge on any atom is -0.871 e. The Labute approximate surface area is 479 Å². The molecule has 0 aromatic carbocycles. The first-order valence-corrected chi connectivity index (χ1v) is 24.2. The van der Waals surface area contributed by atoms with Crippen LogP contribution in [-0.4, -0.2) is 67.6 Å². The molecule has 0 bridgehead atoms. The Bertz CT molecular complexity index is 2380. The number of ether oxygens (including phenoxy) is 1. The maximum absolute atomic E-state index is 12.0. The van der Waals surface area contributed by atoms with Crippen molar-refractivity contribution < 1.29 is 99.9 Å². The number of pyridine rings is 4. The van der Waals surface area contributed by atoms with Gasteiger partial charge in [-0.25, -0.2) is 0 Å². The van der Waals surface area contributed by atoms with Gasteiger partial charge in [-0.05, 0) is 112 Å². The summed E-state index contributed by atoms with van der Waals surface area (Å²) in [6.07, 6.45) is 15.1. The number of nitrogens with zero attached hydrogens (tertiary/aromatic N) is 4. The number of aliphatic carboxylic acids is 1. The van der Waals surface area contributed by atoms with Crippen molar-refractivity contribution in [3.63, 3.8) is 0 Å². The number of carboxylic acid groups (broad SMARTS) is 1. The maximum atomic E-state index is 12.0. The average molecular weight is 1090 g/mol. The smallest absolute Gasteiger partial charge is 0.871 e. The number of hydrogen-bond acceptors (Lipinski definition) is 13. The Morgan fingerprint density at radius 2 is 1.28 bits per heavy atom. The van der Waals surface area contributed by atoms with Crippen molar-refractivity contribution in [3.8, 4) is 0 Å². The van der Waals surface area contributed by atoms with Gasteiger partial charge in [0, 0.05) is 86.4 Å². The summed E-state index contributed by atoms with van der Waals surface area (Å²) in [5, 5.41) is 23.0. The molecule has 0 aliphatic heterocycles. The first kappa shape index (κ1) is 67.3. The molecule has 0 saturated heterocycles. The van der Waals surface area contributed by atoms with Crippen molar-refractivity contribution in [3.05, 3.63) is 122 Å². The summed E-state index contributed by atoms with van der Waals surface area (Å²) in [4.78, 5) is 88.3. The van der Waals surface area contributed by atoms with Crippen molar-refractivity contribution >= 4 is 87.6 Å². The molecule has 1 N–H and O–H groups in total. The molecule has 2 saturated carbocycles. The van der Waals surface area contributed by atoms with E-state index in [9.17, 15) is 29.1 Å². The second-order valence-electron chi connectivity index (χ2n) is 17.4. The predicted octanol–water partition coefficient (Wildman–Crippen LogP) is 8.45. The summed E-state index contributed by atoms with van der Waals surface area (Å²) in [5.41, 5.74) is 2.86. The number of methoxy groups -OCH3 is 1. The molecule has 19 heteroatoms. The quantitative estimate of drug-likeness (QED) is 0.0436. The van der Waals surface area contributed by atoms with Gasteiger partial charge in [0.15, 0.2) is 11.6 Å². The molecule has 2 fully saturated rings. The molecule has 71 heavy (non-hydrogen) atoms. The Morgan fingerprint density at radius 1 is 0.775 bits per heavy atom. The monoisotopic (exact) mass is 1080 g/mol. The van der Waals surface area contributed by atoms with Gasteiger partial charge in [0.2, 0.25) is 0 Å². The maximum Gasteiger partial charge on any atom is 1.00 e. The first-order valence-electron chi connectivity index (χ1n) is 22.7. The van der Waals surface area contributed by atoms with E-state index in [2.05, 4.69) is 33.8 Å². The van der Waals surface area contributed by atoms with Crippen LogP contribution in [0.15, 0.2) is 78.9 Å². The van der Waals surface area contributed by atoms with E-state index >= 15 is 0 Å². The van der Waals surface area contributed by atoms with Crippen LogP contribution in [0.25, 0.3) is 5.76 Å². The second-order valence-corrected chi connectivity index (χ2v) is 19.1. The van der Waals surface area contributed by atoms with Crippen molar-refractivity contribution in [1.29, 1.82) is 0 Å². The van der Waals surface area contributed by atoms with Gasteiger partial charge in [0.05, 0.1) is 24.6 Å². The SMILES string of the molecule is CC(CCCC(=O)c1cc(Cl)ccn1)C(=O)O.CC1CC/C(=C(/[O-])c2cc(Cl)ccn2)C1=O.CC1CCCC1=O.COC(=O)C(C)CCCC(C)(C)c1cc(Cl)ccn1.Cc1cc(Cl)ccn1.O=C=O.[K+]. The fourth-order valence-electron chi connectivity index (χ4n) is 6.77. The fraction of sp³-hybridized carbons (Fsp3) is 0.462. The molecule has 4 heterocycles. The molecule has 14 nitrogen and oxygen atoms in total. The van der Waals surface area contributed by atoms with Crippen molar-refractivity contribution in [2.45, 2.75) is 125 Å². The molecule has 4 aromatic heterocycles. The second kappa shape index (κ2) is 36.2. The molecule has 4 unspecified atom stereocenters. The van der Waals surface area contributed by atoms with Crippen LogP contribution >= 0.6 is 46.4 Å². The largest absolute Gasteiger partial charge is 1.00 e. The number of ketones is 3. The molecule has 4 atom stereocenters. The summed E-state index contributed by atoms with van der Waals surface area (Å²) >= 11 is 23.1. The van der Waals surface area contributed by atoms with Gasteiger partial charge in [-0.2, -0.15) is 9.59 Å². The number of rotatable bonds is 13. The summed E-state index contributed by atoms with van der Waals surface area (Å²) in [5.74, 6) is -1.09. The van der Waals surface area contributed by atoms with Gasteiger partial charge in [-0.3, -0.25) is 43.9 Å². The average Bonchev–Trinajstić information content (AvgIpc) is 3.86. The van der Waals surface area contributed by atoms with E-state index in [0.29, 0.717) is 63.7 Å². The van der Waals surface area contributed by atoms with Gasteiger partial charge in [-0.15, -0.1) is 0 Å². The fourth-order valence-corrected chi connectivity index (χ4v) is 7.47. The number of aryl methyl sites for hydroxylation is 1. The molecule has 2 aliphatic rings. The van der Waals surface area contributed by atoms with Crippen molar-refractivity contribution in [2.24, 2.45) is 23.7 Å². The van der Waals surface area contributed by atoms with Gasteiger partial charge in [0.1, 0.15) is 11.5 Å². The summed E-state index contributed by atoms with van der Waals surface area (Å²) < 4.78 is 4.73. The van der Waals surface area contributed by atoms with Gasteiger partial charge in [-0.1, -0.05) is 100 Å². The Balaban J connectivity index is 0.000000879. The topological polar surface area (TPSA) is 224 Å². The molecular formula is C52H63Cl4KN4O10. The number of esters is 1. The Hall–Kier alpha value is -3.73. The minimum absolute atomic E-state index is 0. The van der Waals surface area contributed by atoms with Crippen LogP contribution in [0, 0.1) is 30.6 Å². The minimum atomic E-state index is -0.835. The number of carboxylic acids is 1. The molecule has 6 rings (SSSR count). The van der Waals surface area contributed by atoms with Crippen LogP contribution in [0.4, 0.5) is 0 Å². The number of allylic oxidation sites excluding steroid dienone is 1. The van der Waals surface area contributed by atoms with E-state index in [0.717, 1.165) is 61.4 Å². The van der Waals surface area contributed by atoms with E-state index in [-0.39, 0.29) is 104 Å². The standard InChI is InChI=1S/C15H22ClNO2.C12H14ClNO3.C12H12ClNO2.C6H6ClN.C6H10O.CO2.K/c1-11(14(18)19-4)6-5-8-15(2,3)13-10-12(16)7-9-17-13;1-8(12(16)17)3-2-4-11(15)10-7-9(13)5-6-14-10;1-7-2-3-9(11(7)15)12(16)10-6-8(13)4-5-14-10;1-5-4-6(7)2-3-8-5;1-5-3-2-4-6(5)7;2-1-3;/h7,9-11H,5-6,8H2,1-4H3;5-8H,2-4H2,1H3,(H,16,17);4-7,16H,2-3H2,1H3;2-4H,1H3;5H,2-4H2,1H3;;/q;;;;;;+1/p-1/b;;12-9-;;;;. The molecule has 0 amide bonds. The molecule has 0 radical (unpaired) electrons. The third-order valence-corrected chi connectivity index (χ3v) is 12.1. The van der Waals surface area contributed by atoms with Crippen LogP contribution in [-0.2, 0) is 38.9 Å². The number of hydrogen-bond donors (Lipinski definition) is 1. The van der Waals surface area contributed by atoms with Crippen LogP contribution < -0.4 is 56.5 Å². The van der Waals surface area contributed by atoms with Crippen molar-refractivity contribution in [1.82, 2.24) is 19.9 Å². The van der Waals surface area contributed by atoms with E-state index in [4.69, 9.17) is 65.8 Å².